The number of rotatable bonds is 1. The van der Waals surface area contributed by atoms with Crippen LogP contribution >= 0.6 is 0 Å². The minimum absolute atomic E-state index is 0.248. The Hall–Kier alpha value is -0.610. The van der Waals surface area contributed by atoms with Crippen molar-refractivity contribution in [2.75, 3.05) is 32.8 Å². The summed E-state index contributed by atoms with van der Waals surface area (Å²) in [5.41, 5.74) is -0.308. The van der Waals surface area contributed by atoms with Crippen molar-refractivity contribution < 1.29 is 9.53 Å². The standard InChI is InChI=1S/C10H18N2O2/c1-10(3-2-4-11-10)9(13)12-5-7-14-8-6-12/h11H,2-8H2,1H3. The fraction of sp³-hybridized carbons (Fsp3) is 0.900. The molecule has 0 spiro atoms. The molecule has 4 nitrogen and oxygen atoms in total. The van der Waals surface area contributed by atoms with E-state index in [9.17, 15) is 4.79 Å². The molecule has 2 aliphatic rings. The van der Waals surface area contributed by atoms with Gasteiger partial charge >= 0.3 is 0 Å². The lowest BCUT2D eigenvalue weighted by atomic mass is 9.98. The molecular formula is C10H18N2O2. The summed E-state index contributed by atoms with van der Waals surface area (Å²) in [5, 5.41) is 3.30. The summed E-state index contributed by atoms with van der Waals surface area (Å²) in [6.07, 6.45) is 2.07. The zero-order valence-electron chi connectivity index (χ0n) is 8.71. The van der Waals surface area contributed by atoms with Gasteiger partial charge in [-0.25, -0.2) is 0 Å². The first kappa shape index (κ1) is 9.93. The summed E-state index contributed by atoms with van der Waals surface area (Å²) in [6.45, 7) is 5.83. The zero-order chi connectivity index (χ0) is 10.0. The van der Waals surface area contributed by atoms with Crippen molar-refractivity contribution in [1.82, 2.24) is 10.2 Å². The third-order valence-corrected chi connectivity index (χ3v) is 3.14. The molecule has 2 saturated heterocycles. The quantitative estimate of drug-likeness (QED) is 0.644. The summed E-state index contributed by atoms with van der Waals surface area (Å²) in [5.74, 6) is 0.248. The van der Waals surface area contributed by atoms with Crippen LogP contribution in [0.1, 0.15) is 19.8 Å². The van der Waals surface area contributed by atoms with Crippen LogP contribution in [0.4, 0.5) is 0 Å². The molecule has 14 heavy (non-hydrogen) atoms. The minimum atomic E-state index is -0.308. The molecule has 0 aromatic heterocycles. The summed E-state index contributed by atoms with van der Waals surface area (Å²) in [7, 11) is 0. The van der Waals surface area contributed by atoms with E-state index in [0.717, 1.165) is 32.5 Å². The van der Waals surface area contributed by atoms with E-state index >= 15 is 0 Å². The van der Waals surface area contributed by atoms with Crippen LogP contribution in [0.2, 0.25) is 0 Å². The fourth-order valence-corrected chi connectivity index (χ4v) is 2.19. The molecule has 4 heteroatoms. The third-order valence-electron chi connectivity index (χ3n) is 3.14. The van der Waals surface area contributed by atoms with E-state index < -0.39 is 0 Å². The maximum atomic E-state index is 12.1. The van der Waals surface area contributed by atoms with Gasteiger partial charge in [0.2, 0.25) is 5.91 Å². The molecule has 0 aromatic carbocycles. The lowest BCUT2D eigenvalue weighted by molar-refractivity contribution is -0.141. The Balaban J connectivity index is 1.98. The van der Waals surface area contributed by atoms with Crippen LogP contribution in [0.3, 0.4) is 0 Å². The predicted octanol–water partition coefficient (Wildman–Crippen LogP) is -0.0127. The number of hydrogen-bond donors (Lipinski definition) is 1. The number of amides is 1. The van der Waals surface area contributed by atoms with Crippen molar-refractivity contribution in [3.63, 3.8) is 0 Å². The van der Waals surface area contributed by atoms with Gasteiger partial charge in [-0.3, -0.25) is 4.79 Å². The lowest BCUT2D eigenvalue weighted by Gasteiger charge is -2.34. The number of morpholine rings is 1. The SMILES string of the molecule is CC1(C(=O)N2CCOCC2)CCCN1. The molecule has 2 heterocycles. The molecular weight excluding hydrogens is 180 g/mol. The normalized spacial score (nSPS) is 33.4. The van der Waals surface area contributed by atoms with Crippen LogP contribution in [0.25, 0.3) is 0 Å². The Kier molecular flexibility index (Phi) is 2.74. The number of carbonyl (C=O) groups is 1. The van der Waals surface area contributed by atoms with Gasteiger partial charge in [-0.15, -0.1) is 0 Å². The zero-order valence-corrected chi connectivity index (χ0v) is 8.71. The van der Waals surface area contributed by atoms with Crippen LogP contribution < -0.4 is 5.32 Å². The first-order valence-corrected chi connectivity index (χ1v) is 5.34. The van der Waals surface area contributed by atoms with Gasteiger partial charge in [-0.05, 0) is 26.3 Å². The second kappa shape index (κ2) is 3.87. The molecule has 0 aliphatic carbocycles. The van der Waals surface area contributed by atoms with E-state index in [0.29, 0.717) is 13.2 Å². The maximum Gasteiger partial charge on any atom is 0.242 e. The summed E-state index contributed by atoms with van der Waals surface area (Å²) in [4.78, 5) is 14.0. The molecule has 2 rings (SSSR count). The summed E-state index contributed by atoms with van der Waals surface area (Å²) in [6, 6.07) is 0. The average Bonchev–Trinajstić information content (AvgIpc) is 2.67. The van der Waals surface area contributed by atoms with Gasteiger partial charge in [0.05, 0.1) is 18.8 Å². The van der Waals surface area contributed by atoms with Gasteiger partial charge in [0.15, 0.2) is 0 Å². The molecule has 0 radical (unpaired) electrons. The van der Waals surface area contributed by atoms with Crippen LogP contribution in [-0.2, 0) is 9.53 Å². The van der Waals surface area contributed by atoms with Crippen LogP contribution in [-0.4, -0.2) is 49.2 Å². The Morgan fingerprint density at radius 3 is 2.71 bits per heavy atom. The van der Waals surface area contributed by atoms with E-state index in [-0.39, 0.29) is 11.4 Å². The van der Waals surface area contributed by atoms with Crippen molar-refractivity contribution in [1.29, 1.82) is 0 Å². The van der Waals surface area contributed by atoms with E-state index in [1.54, 1.807) is 0 Å². The molecule has 1 amide bonds. The van der Waals surface area contributed by atoms with Crippen LogP contribution in [0.15, 0.2) is 0 Å². The molecule has 1 unspecified atom stereocenters. The Morgan fingerprint density at radius 2 is 2.14 bits per heavy atom. The Bertz CT molecular complexity index is 218. The summed E-state index contributed by atoms with van der Waals surface area (Å²) >= 11 is 0. The van der Waals surface area contributed by atoms with Crippen molar-refractivity contribution in [2.45, 2.75) is 25.3 Å². The van der Waals surface area contributed by atoms with Crippen LogP contribution in [0, 0.1) is 0 Å². The van der Waals surface area contributed by atoms with Gasteiger partial charge in [0.1, 0.15) is 0 Å². The maximum absolute atomic E-state index is 12.1. The largest absolute Gasteiger partial charge is 0.378 e. The van der Waals surface area contributed by atoms with Crippen molar-refractivity contribution in [3.05, 3.63) is 0 Å². The van der Waals surface area contributed by atoms with E-state index in [4.69, 9.17) is 4.74 Å². The van der Waals surface area contributed by atoms with Gasteiger partial charge in [-0.1, -0.05) is 0 Å². The second-order valence-corrected chi connectivity index (χ2v) is 4.27. The highest BCUT2D eigenvalue weighted by Gasteiger charge is 2.39. The molecule has 1 N–H and O–H groups in total. The van der Waals surface area contributed by atoms with Crippen molar-refractivity contribution >= 4 is 5.91 Å². The average molecular weight is 198 g/mol. The first-order chi connectivity index (χ1) is 6.72. The molecule has 2 aliphatic heterocycles. The highest BCUT2D eigenvalue weighted by molar-refractivity contribution is 5.86. The Morgan fingerprint density at radius 1 is 1.43 bits per heavy atom. The highest BCUT2D eigenvalue weighted by atomic mass is 16.5. The predicted molar refractivity (Wildman–Crippen MR) is 53.0 cm³/mol. The van der Waals surface area contributed by atoms with Crippen molar-refractivity contribution in [3.8, 4) is 0 Å². The second-order valence-electron chi connectivity index (χ2n) is 4.27. The molecule has 0 aromatic rings. The highest BCUT2D eigenvalue weighted by Crippen LogP contribution is 2.21. The van der Waals surface area contributed by atoms with Gasteiger partial charge in [0, 0.05) is 13.1 Å². The van der Waals surface area contributed by atoms with E-state index in [2.05, 4.69) is 5.32 Å². The first-order valence-electron chi connectivity index (χ1n) is 5.34. The number of nitrogens with zero attached hydrogens (tertiary/aromatic N) is 1. The van der Waals surface area contributed by atoms with E-state index in [1.807, 2.05) is 11.8 Å². The monoisotopic (exact) mass is 198 g/mol. The van der Waals surface area contributed by atoms with Crippen LogP contribution in [0.5, 0.6) is 0 Å². The molecule has 0 bridgehead atoms. The lowest BCUT2D eigenvalue weighted by Crippen LogP contribution is -2.55. The molecule has 80 valence electrons. The van der Waals surface area contributed by atoms with E-state index in [1.165, 1.54) is 0 Å². The minimum Gasteiger partial charge on any atom is -0.378 e. The molecule has 1 atom stereocenters. The molecule has 0 saturated carbocycles. The number of carbonyl (C=O) groups excluding carboxylic acids is 1. The van der Waals surface area contributed by atoms with Gasteiger partial charge in [-0.2, -0.15) is 0 Å². The number of ether oxygens (including phenoxy) is 1. The fourth-order valence-electron chi connectivity index (χ4n) is 2.19. The van der Waals surface area contributed by atoms with Crippen molar-refractivity contribution in [2.24, 2.45) is 0 Å². The smallest absolute Gasteiger partial charge is 0.242 e. The number of nitrogens with one attached hydrogen (secondary N) is 1. The summed E-state index contributed by atoms with van der Waals surface area (Å²) < 4.78 is 5.23. The van der Waals surface area contributed by atoms with Gasteiger partial charge < -0.3 is 15.0 Å². The third kappa shape index (κ3) is 1.77. The number of hydrogen-bond acceptors (Lipinski definition) is 3. The topological polar surface area (TPSA) is 41.6 Å². The molecule has 2 fully saturated rings. The van der Waals surface area contributed by atoms with Gasteiger partial charge in [0.25, 0.3) is 0 Å². The Labute approximate surface area is 84.6 Å².